The molecule has 3 rings (SSSR count). The highest BCUT2D eigenvalue weighted by atomic mass is 79.9. The van der Waals surface area contributed by atoms with E-state index < -0.39 is 5.63 Å². The van der Waals surface area contributed by atoms with Crippen LogP contribution in [-0.2, 0) is 0 Å². The molecule has 0 aliphatic heterocycles. The standard InChI is InChI=1S/C15H9BrO3S/c16-9-2-1-3-11(6-9)20-14-8-15(18)19-13-5-4-10(17)7-12(13)14/h1-8,17H. The summed E-state index contributed by atoms with van der Waals surface area (Å²) in [5, 5.41) is 10.3. The normalized spacial score (nSPS) is 10.8. The first-order valence-corrected chi connectivity index (χ1v) is 7.43. The van der Waals surface area contributed by atoms with Gasteiger partial charge in [0.05, 0.1) is 0 Å². The van der Waals surface area contributed by atoms with E-state index in [1.807, 2.05) is 24.3 Å². The summed E-state index contributed by atoms with van der Waals surface area (Å²) in [5.74, 6) is 0.141. The van der Waals surface area contributed by atoms with Gasteiger partial charge in [0.25, 0.3) is 0 Å². The van der Waals surface area contributed by atoms with Gasteiger partial charge in [-0.15, -0.1) is 0 Å². The third-order valence-electron chi connectivity index (χ3n) is 2.71. The number of fused-ring (bicyclic) bond motifs is 1. The Morgan fingerprint density at radius 1 is 1.10 bits per heavy atom. The second-order valence-corrected chi connectivity index (χ2v) is 6.20. The van der Waals surface area contributed by atoms with E-state index in [4.69, 9.17) is 4.42 Å². The average Bonchev–Trinajstić information content (AvgIpc) is 2.39. The molecular formula is C15H9BrO3S. The molecule has 1 heterocycles. The largest absolute Gasteiger partial charge is 0.508 e. The van der Waals surface area contributed by atoms with E-state index >= 15 is 0 Å². The van der Waals surface area contributed by atoms with Crippen molar-refractivity contribution in [3.05, 3.63) is 63.4 Å². The maximum Gasteiger partial charge on any atom is 0.337 e. The highest BCUT2D eigenvalue weighted by Crippen LogP contribution is 2.34. The van der Waals surface area contributed by atoms with Crippen LogP contribution in [0, 0.1) is 0 Å². The molecule has 0 aliphatic rings. The van der Waals surface area contributed by atoms with Crippen LogP contribution in [0.2, 0.25) is 0 Å². The molecule has 0 spiro atoms. The number of halogens is 1. The van der Waals surface area contributed by atoms with Crippen LogP contribution in [0.5, 0.6) is 5.75 Å². The van der Waals surface area contributed by atoms with Crippen LogP contribution in [0.4, 0.5) is 0 Å². The van der Waals surface area contributed by atoms with Gasteiger partial charge in [-0.2, -0.15) is 0 Å². The number of phenols is 1. The van der Waals surface area contributed by atoms with Crippen molar-refractivity contribution in [3.63, 3.8) is 0 Å². The number of hydrogen-bond donors (Lipinski definition) is 1. The molecule has 20 heavy (non-hydrogen) atoms. The molecule has 0 saturated heterocycles. The van der Waals surface area contributed by atoms with Crippen molar-refractivity contribution >= 4 is 38.7 Å². The number of aromatic hydroxyl groups is 1. The maximum absolute atomic E-state index is 11.6. The predicted molar refractivity (Wildman–Crippen MR) is 82.4 cm³/mol. The summed E-state index contributed by atoms with van der Waals surface area (Å²) in [4.78, 5) is 13.3. The third kappa shape index (κ3) is 2.73. The second kappa shape index (κ2) is 5.34. The highest BCUT2D eigenvalue weighted by Gasteiger charge is 2.08. The Kier molecular flexibility index (Phi) is 3.54. The van der Waals surface area contributed by atoms with Gasteiger partial charge in [-0.1, -0.05) is 33.8 Å². The van der Waals surface area contributed by atoms with Crippen LogP contribution in [0.15, 0.2) is 72.0 Å². The van der Waals surface area contributed by atoms with Crippen LogP contribution in [0.25, 0.3) is 11.0 Å². The second-order valence-electron chi connectivity index (χ2n) is 4.17. The van der Waals surface area contributed by atoms with Crippen LogP contribution >= 0.6 is 27.7 Å². The fraction of sp³-hybridized carbons (Fsp3) is 0. The predicted octanol–water partition coefficient (Wildman–Crippen LogP) is 4.41. The van der Waals surface area contributed by atoms with Crippen molar-refractivity contribution in [1.29, 1.82) is 0 Å². The van der Waals surface area contributed by atoms with Crippen molar-refractivity contribution < 1.29 is 9.52 Å². The monoisotopic (exact) mass is 348 g/mol. The number of rotatable bonds is 2. The summed E-state index contributed by atoms with van der Waals surface area (Å²) in [5.41, 5.74) is 0.0634. The van der Waals surface area contributed by atoms with E-state index in [-0.39, 0.29) is 5.75 Å². The first-order valence-electron chi connectivity index (χ1n) is 5.82. The molecule has 1 N–H and O–H groups in total. The minimum absolute atomic E-state index is 0.141. The molecule has 100 valence electrons. The molecule has 0 bridgehead atoms. The van der Waals surface area contributed by atoms with Crippen LogP contribution in [-0.4, -0.2) is 5.11 Å². The molecule has 0 radical (unpaired) electrons. The maximum atomic E-state index is 11.6. The molecule has 0 unspecified atom stereocenters. The average molecular weight is 349 g/mol. The molecule has 2 aromatic carbocycles. The first-order chi connectivity index (χ1) is 9.61. The van der Waals surface area contributed by atoms with Gasteiger partial charge in [0.1, 0.15) is 11.3 Å². The van der Waals surface area contributed by atoms with Crippen molar-refractivity contribution in [2.75, 3.05) is 0 Å². The Bertz CT molecular complexity index is 842. The Labute approximate surface area is 127 Å². The van der Waals surface area contributed by atoms with Crippen molar-refractivity contribution in [2.24, 2.45) is 0 Å². The van der Waals surface area contributed by atoms with Crippen LogP contribution < -0.4 is 5.63 Å². The Morgan fingerprint density at radius 3 is 2.75 bits per heavy atom. The van der Waals surface area contributed by atoms with Gasteiger partial charge in [-0.25, -0.2) is 4.79 Å². The zero-order valence-corrected chi connectivity index (χ0v) is 12.6. The fourth-order valence-corrected chi connectivity index (χ4v) is 3.43. The van der Waals surface area contributed by atoms with Gasteiger partial charge < -0.3 is 9.52 Å². The zero-order chi connectivity index (χ0) is 14.1. The first kappa shape index (κ1) is 13.3. The van der Waals surface area contributed by atoms with Crippen LogP contribution in [0.1, 0.15) is 0 Å². The molecule has 0 atom stereocenters. The molecule has 1 aromatic heterocycles. The molecule has 0 fully saturated rings. The van der Waals surface area contributed by atoms with Gasteiger partial charge in [-0.3, -0.25) is 0 Å². The third-order valence-corrected chi connectivity index (χ3v) is 4.25. The molecular weight excluding hydrogens is 340 g/mol. The van der Waals surface area contributed by atoms with E-state index in [0.29, 0.717) is 5.58 Å². The summed E-state index contributed by atoms with van der Waals surface area (Å²) >= 11 is 4.87. The summed E-state index contributed by atoms with van der Waals surface area (Å²) < 4.78 is 6.10. The van der Waals surface area contributed by atoms with Crippen molar-refractivity contribution in [2.45, 2.75) is 9.79 Å². The minimum Gasteiger partial charge on any atom is -0.508 e. The van der Waals surface area contributed by atoms with E-state index in [9.17, 15) is 9.90 Å². The smallest absolute Gasteiger partial charge is 0.337 e. The van der Waals surface area contributed by atoms with E-state index in [2.05, 4.69) is 15.9 Å². The lowest BCUT2D eigenvalue weighted by Gasteiger charge is -2.06. The summed E-state index contributed by atoms with van der Waals surface area (Å²) in [6, 6.07) is 13.9. The van der Waals surface area contributed by atoms with Gasteiger partial charge in [0.15, 0.2) is 0 Å². The van der Waals surface area contributed by atoms with E-state index in [1.54, 1.807) is 12.1 Å². The van der Waals surface area contributed by atoms with E-state index in [0.717, 1.165) is 19.6 Å². The van der Waals surface area contributed by atoms with Gasteiger partial charge in [0.2, 0.25) is 0 Å². The molecule has 3 nitrogen and oxygen atoms in total. The lowest BCUT2D eigenvalue weighted by atomic mass is 10.2. The SMILES string of the molecule is O=c1cc(Sc2cccc(Br)c2)c2cc(O)ccc2o1. The summed E-state index contributed by atoms with van der Waals surface area (Å²) in [7, 11) is 0. The van der Waals surface area contributed by atoms with Crippen molar-refractivity contribution in [3.8, 4) is 5.75 Å². The fourth-order valence-electron chi connectivity index (χ4n) is 1.86. The Balaban J connectivity index is 2.15. The van der Waals surface area contributed by atoms with Crippen molar-refractivity contribution in [1.82, 2.24) is 0 Å². The number of phenolic OH excluding ortho intramolecular Hbond substituents is 1. The summed E-state index contributed by atoms with van der Waals surface area (Å²) in [6.07, 6.45) is 0. The number of hydrogen-bond acceptors (Lipinski definition) is 4. The van der Waals surface area contributed by atoms with Gasteiger partial charge in [0, 0.05) is 25.7 Å². The quantitative estimate of drug-likeness (QED) is 0.696. The molecule has 0 saturated carbocycles. The van der Waals surface area contributed by atoms with Crippen LogP contribution in [0.3, 0.4) is 0 Å². The molecule has 5 heteroatoms. The topological polar surface area (TPSA) is 50.4 Å². The zero-order valence-electron chi connectivity index (χ0n) is 10.2. The lowest BCUT2D eigenvalue weighted by Crippen LogP contribution is -1.97. The van der Waals surface area contributed by atoms with Gasteiger partial charge >= 0.3 is 5.63 Å². The Morgan fingerprint density at radius 2 is 1.95 bits per heavy atom. The summed E-state index contributed by atoms with van der Waals surface area (Å²) in [6.45, 7) is 0. The minimum atomic E-state index is -0.402. The lowest BCUT2D eigenvalue weighted by molar-refractivity contribution is 0.475. The molecule has 3 aromatic rings. The molecule has 0 aliphatic carbocycles. The Hall–Kier alpha value is -1.72. The van der Waals surface area contributed by atoms with Gasteiger partial charge in [-0.05, 0) is 36.4 Å². The molecule has 0 amide bonds. The van der Waals surface area contributed by atoms with E-state index in [1.165, 1.54) is 23.9 Å². The highest BCUT2D eigenvalue weighted by molar-refractivity contribution is 9.10. The number of benzene rings is 2.